The average Bonchev–Trinajstić information content (AvgIpc) is 2.74. The Bertz CT molecular complexity index is 413. The van der Waals surface area contributed by atoms with Crippen LogP contribution in [0.5, 0.6) is 5.75 Å². The maximum atomic E-state index is 8.79. The summed E-state index contributed by atoms with van der Waals surface area (Å²) < 4.78 is 6.07. The molecule has 1 aliphatic rings. The molecular weight excluding hydrogens is 236 g/mol. The van der Waals surface area contributed by atoms with Crippen molar-refractivity contribution in [3.05, 3.63) is 29.8 Å². The molecule has 19 heavy (non-hydrogen) atoms. The van der Waals surface area contributed by atoms with Crippen molar-refractivity contribution >= 4 is 0 Å². The molecule has 1 aromatic carbocycles. The van der Waals surface area contributed by atoms with Crippen LogP contribution >= 0.6 is 0 Å². The molecule has 1 unspecified atom stereocenters. The van der Waals surface area contributed by atoms with Gasteiger partial charge in [0.05, 0.1) is 11.6 Å². The van der Waals surface area contributed by atoms with Crippen molar-refractivity contribution in [2.45, 2.75) is 45.3 Å². The molecule has 0 spiro atoms. The van der Waals surface area contributed by atoms with Crippen LogP contribution in [0, 0.1) is 11.3 Å². The molecule has 1 saturated heterocycles. The summed E-state index contributed by atoms with van der Waals surface area (Å²) in [6, 6.07) is 9.52. The number of rotatable bonds is 4. The van der Waals surface area contributed by atoms with Crippen LogP contribution in [0.1, 0.15) is 44.6 Å². The standard InChI is InChI=1S/C16H22N2O/c1-2-16(18-11-5-3-4-6-12-18)19-15-9-7-14(13-17)8-10-15/h7-10,16H,2-6,11-12H2,1H3. The van der Waals surface area contributed by atoms with Crippen LogP contribution in [0.4, 0.5) is 0 Å². The maximum Gasteiger partial charge on any atom is 0.152 e. The lowest BCUT2D eigenvalue weighted by Gasteiger charge is -2.30. The molecule has 102 valence electrons. The third-order valence-electron chi connectivity index (χ3n) is 3.65. The lowest BCUT2D eigenvalue weighted by atomic mass is 10.2. The molecule has 1 aromatic rings. The number of likely N-dealkylation sites (tertiary alicyclic amines) is 1. The largest absolute Gasteiger partial charge is 0.475 e. The topological polar surface area (TPSA) is 36.3 Å². The number of benzene rings is 1. The first-order valence-electron chi connectivity index (χ1n) is 7.24. The van der Waals surface area contributed by atoms with E-state index in [2.05, 4.69) is 17.9 Å². The summed E-state index contributed by atoms with van der Waals surface area (Å²) >= 11 is 0. The molecule has 0 aromatic heterocycles. The van der Waals surface area contributed by atoms with E-state index in [0.29, 0.717) is 5.56 Å². The van der Waals surface area contributed by atoms with Crippen molar-refractivity contribution in [2.75, 3.05) is 13.1 Å². The van der Waals surface area contributed by atoms with Crippen LogP contribution in [0.3, 0.4) is 0 Å². The summed E-state index contributed by atoms with van der Waals surface area (Å²) in [5.74, 6) is 0.857. The smallest absolute Gasteiger partial charge is 0.152 e. The van der Waals surface area contributed by atoms with Gasteiger partial charge in [-0.1, -0.05) is 19.8 Å². The highest BCUT2D eigenvalue weighted by molar-refractivity contribution is 5.34. The average molecular weight is 258 g/mol. The lowest BCUT2D eigenvalue weighted by molar-refractivity contribution is 0.0247. The fourth-order valence-electron chi connectivity index (χ4n) is 2.56. The molecule has 1 atom stereocenters. The number of nitriles is 1. The second-order valence-electron chi connectivity index (χ2n) is 5.07. The summed E-state index contributed by atoms with van der Waals surface area (Å²) in [5.41, 5.74) is 0.676. The summed E-state index contributed by atoms with van der Waals surface area (Å²) in [7, 11) is 0. The maximum absolute atomic E-state index is 8.79. The Labute approximate surface area is 115 Å². The van der Waals surface area contributed by atoms with Crippen LogP contribution in [-0.2, 0) is 0 Å². The summed E-state index contributed by atoms with van der Waals surface area (Å²) in [6.45, 7) is 4.43. The molecule has 0 amide bonds. The minimum absolute atomic E-state index is 0.158. The number of hydrogen-bond donors (Lipinski definition) is 0. The highest BCUT2D eigenvalue weighted by Gasteiger charge is 2.19. The fourth-order valence-corrected chi connectivity index (χ4v) is 2.56. The van der Waals surface area contributed by atoms with Crippen molar-refractivity contribution in [3.8, 4) is 11.8 Å². The van der Waals surface area contributed by atoms with Crippen molar-refractivity contribution in [1.82, 2.24) is 4.90 Å². The van der Waals surface area contributed by atoms with Gasteiger partial charge in [0.15, 0.2) is 6.23 Å². The van der Waals surface area contributed by atoms with Gasteiger partial charge < -0.3 is 4.74 Å². The highest BCUT2D eigenvalue weighted by atomic mass is 16.5. The molecule has 1 fully saturated rings. The zero-order valence-electron chi connectivity index (χ0n) is 11.6. The normalized spacial score (nSPS) is 18.3. The Morgan fingerprint density at radius 2 is 1.79 bits per heavy atom. The van der Waals surface area contributed by atoms with Gasteiger partial charge in [0.1, 0.15) is 5.75 Å². The molecule has 2 rings (SSSR count). The quantitative estimate of drug-likeness (QED) is 0.828. The van der Waals surface area contributed by atoms with Crippen molar-refractivity contribution < 1.29 is 4.74 Å². The van der Waals surface area contributed by atoms with Gasteiger partial charge in [-0.15, -0.1) is 0 Å². The zero-order valence-corrected chi connectivity index (χ0v) is 11.6. The third-order valence-corrected chi connectivity index (χ3v) is 3.65. The first kappa shape index (κ1) is 13.9. The molecule has 1 heterocycles. The molecule has 0 radical (unpaired) electrons. The minimum atomic E-state index is 0.158. The van der Waals surface area contributed by atoms with Gasteiger partial charge in [-0.05, 0) is 43.5 Å². The predicted molar refractivity (Wildman–Crippen MR) is 75.9 cm³/mol. The molecule has 0 saturated carbocycles. The SMILES string of the molecule is CCC(Oc1ccc(C#N)cc1)N1CCCCCC1. The van der Waals surface area contributed by atoms with Crippen LogP contribution in [0.25, 0.3) is 0 Å². The van der Waals surface area contributed by atoms with E-state index in [1.165, 1.54) is 25.7 Å². The van der Waals surface area contributed by atoms with E-state index in [1.807, 2.05) is 24.3 Å². The van der Waals surface area contributed by atoms with E-state index in [1.54, 1.807) is 0 Å². The van der Waals surface area contributed by atoms with Crippen LogP contribution < -0.4 is 4.74 Å². The molecule has 0 aliphatic carbocycles. The summed E-state index contributed by atoms with van der Waals surface area (Å²) in [4.78, 5) is 2.45. The molecule has 1 aliphatic heterocycles. The number of hydrogen-bond acceptors (Lipinski definition) is 3. The Kier molecular flexibility index (Phi) is 5.23. The Morgan fingerprint density at radius 1 is 1.16 bits per heavy atom. The van der Waals surface area contributed by atoms with E-state index in [4.69, 9.17) is 10.00 Å². The first-order chi connectivity index (χ1) is 9.33. The first-order valence-corrected chi connectivity index (χ1v) is 7.24. The highest BCUT2D eigenvalue weighted by Crippen LogP contribution is 2.19. The predicted octanol–water partition coefficient (Wildman–Crippen LogP) is 3.55. The molecule has 3 heteroatoms. The van der Waals surface area contributed by atoms with Gasteiger partial charge in [-0.2, -0.15) is 5.26 Å². The van der Waals surface area contributed by atoms with Crippen molar-refractivity contribution in [1.29, 1.82) is 5.26 Å². The zero-order chi connectivity index (χ0) is 13.5. The Morgan fingerprint density at radius 3 is 2.32 bits per heavy atom. The van der Waals surface area contributed by atoms with Crippen molar-refractivity contribution in [3.63, 3.8) is 0 Å². The van der Waals surface area contributed by atoms with Gasteiger partial charge in [0.25, 0.3) is 0 Å². The monoisotopic (exact) mass is 258 g/mol. The van der Waals surface area contributed by atoms with E-state index in [-0.39, 0.29) is 6.23 Å². The van der Waals surface area contributed by atoms with Gasteiger partial charge in [-0.25, -0.2) is 0 Å². The van der Waals surface area contributed by atoms with Gasteiger partial charge in [0.2, 0.25) is 0 Å². The number of nitrogens with zero attached hydrogens (tertiary/aromatic N) is 2. The second kappa shape index (κ2) is 7.16. The molecule has 3 nitrogen and oxygen atoms in total. The van der Waals surface area contributed by atoms with Gasteiger partial charge >= 0.3 is 0 Å². The van der Waals surface area contributed by atoms with E-state index < -0.39 is 0 Å². The minimum Gasteiger partial charge on any atom is -0.475 e. The number of ether oxygens (including phenoxy) is 1. The lowest BCUT2D eigenvalue weighted by Crippen LogP contribution is -2.39. The third kappa shape index (κ3) is 3.97. The van der Waals surface area contributed by atoms with E-state index >= 15 is 0 Å². The molecular formula is C16H22N2O. The fraction of sp³-hybridized carbons (Fsp3) is 0.562. The van der Waals surface area contributed by atoms with Gasteiger partial charge in [-0.3, -0.25) is 4.90 Å². The van der Waals surface area contributed by atoms with Crippen LogP contribution in [-0.4, -0.2) is 24.2 Å². The Balaban J connectivity index is 1.98. The van der Waals surface area contributed by atoms with Crippen molar-refractivity contribution in [2.24, 2.45) is 0 Å². The Hall–Kier alpha value is -1.53. The van der Waals surface area contributed by atoms with Crippen LogP contribution in [0.15, 0.2) is 24.3 Å². The molecule has 0 bridgehead atoms. The van der Waals surface area contributed by atoms with E-state index in [0.717, 1.165) is 25.3 Å². The summed E-state index contributed by atoms with van der Waals surface area (Å²) in [5, 5.41) is 8.79. The second-order valence-corrected chi connectivity index (χ2v) is 5.07. The summed E-state index contributed by atoms with van der Waals surface area (Å²) in [6.07, 6.45) is 6.36. The van der Waals surface area contributed by atoms with Crippen LogP contribution in [0.2, 0.25) is 0 Å². The van der Waals surface area contributed by atoms with E-state index in [9.17, 15) is 0 Å². The molecule has 0 N–H and O–H groups in total. The van der Waals surface area contributed by atoms with Gasteiger partial charge in [0, 0.05) is 13.1 Å².